The van der Waals surface area contributed by atoms with Gasteiger partial charge in [0.1, 0.15) is 0 Å². The first kappa shape index (κ1) is 16.1. The number of aromatic nitrogens is 1. The lowest BCUT2D eigenvalue weighted by molar-refractivity contribution is 0.117. The number of nitrogens with zero attached hydrogens (tertiary/aromatic N) is 1. The molecule has 1 atom stereocenters. The molecule has 0 aliphatic rings. The molecule has 0 aliphatic carbocycles. The van der Waals surface area contributed by atoms with Crippen LogP contribution in [0.5, 0.6) is 0 Å². The van der Waals surface area contributed by atoms with E-state index in [1.807, 2.05) is 0 Å². The van der Waals surface area contributed by atoms with E-state index in [9.17, 15) is 5.11 Å². The quantitative estimate of drug-likeness (QED) is 0.887. The van der Waals surface area contributed by atoms with Gasteiger partial charge in [-0.2, -0.15) is 0 Å². The highest BCUT2D eigenvalue weighted by molar-refractivity contribution is 5.82. The highest BCUT2D eigenvalue weighted by Gasteiger charge is 2.22. The lowest BCUT2D eigenvalue weighted by Crippen LogP contribution is -2.23. The van der Waals surface area contributed by atoms with Gasteiger partial charge in [-0.05, 0) is 36.6 Å². The van der Waals surface area contributed by atoms with Crippen LogP contribution in [0.1, 0.15) is 45.4 Å². The molecule has 3 heteroatoms. The summed E-state index contributed by atoms with van der Waals surface area (Å²) in [7, 11) is 0. The highest BCUT2D eigenvalue weighted by Crippen LogP contribution is 2.30. The van der Waals surface area contributed by atoms with Crippen molar-refractivity contribution in [1.29, 1.82) is 0 Å². The van der Waals surface area contributed by atoms with Crippen molar-refractivity contribution < 1.29 is 10.2 Å². The van der Waals surface area contributed by atoms with Crippen molar-refractivity contribution in [2.75, 3.05) is 6.61 Å². The van der Waals surface area contributed by atoms with Crippen molar-refractivity contribution in [3.05, 3.63) is 35.5 Å². The van der Waals surface area contributed by atoms with E-state index < -0.39 is 6.10 Å². The maximum Gasteiger partial charge on any atom is 0.0741 e. The Hall–Kier alpha value is -1.32. The van der Waals surface area contributed by atoms with E-state index in [2.05, 4.69) is 56.5 Å². The molecule has 1 heterocycles. The minimum atomic E-state index is -0.516. The van der Waals surface area contributed by atoms with Gasteiger partial charge in [0.15, 0.2) is 0 Å². The molecule has 21 heavy (non-hydrogen) atoms. The lowest BCUT2D eigenvalue weighted by Gasteiger charge is -2.23. The van der Waals surface area contributed by atoms with Gasteiger partial charge >= 0.3 is 0 Å². The van der Waals surface area contributed by atoms with Crippen molar-refractivity contribution in [2.24, 2.45) is 0 Å². The molecule has 0 saturated carbocycles. The molecule has 2 aromatic rings. The Bertz CT molecular complexity index is 607. The number of aliphatic hydroxyl groups is 2. The molecule has 0 spiro atoms. The lowest BCUT2D eigenvalue weighted by atomic mass is 9.92. The largest absolute Gasteiger partial charge is 0.396 e. The molecule has 0 bridgehead atoms. The third-order valence-electron chi connectivity index (χ3n) is 4.00. The van der Waals surface area contributed by atoms with Gasteiger partial charge in [0.05, 0.1) is 6.10 Å². The van der Waals surface area contributed by atoms with E-state index in [1.54, 1.807) is 0 Å². The van der Waals surface area contributed by atoms with Crippen LogP contribution >= 0.6 is 0 Å². The number of rotatable bonds is 5. The predicted octanol–water partition coefficient (Wildman–Crippen LogP) is 3.24. The Morgan fingerprint density at radius 3 is 2.48 bits per heavy atom. The van der Waals surface area contributed by atoms with Gasteiger partial charge in [-0.15, -0.1) is 0 Å². The van der Waals surface area contributed by atoms with E-state index in [-0.39, 0.29) is 12.0 Å². The van der Waals surface area contributed by atoms with E-state index in [4.69, 9.17) is 5.11 Å². The van der Waals surface area contributed by atoms with Crippen LogP contribution in [-0.2, 0) is 18.4 Å². The number of aryl methyl sites for hydroxylation is 1. The van der Waals surface area contributed by atoms with Crippen molar-refractivity contribution in [2.45, 2.75) is 58.6 Å². The molecule has 1 aromatic carbocycles. The van der Waals surface area contributed by atoms with E-state index in [0.29, 0.717) is 13.0 Å². The number of hydrogen-bond acceptors (Lipinski definition) is 2. The molecule has 116 valence electrons. The summed E-state index contributed by atoms with van der Waals surface area (Å²) < 4.78 is 2.20. The van der Waals surface area contributed by atoms with Gasteiger partial charge in [0.25, 0.3) is 0 Å². The second-order valence-electron chi connectivity index (χ2n) is 6.80. The molecule has 2 N–H and O–H groups in total. The average Bonchev–Trinajstić information content (AvgIpc) is 2.77. The predicted molar refractivity (Wildman–Crippen MR) is 87.7 cm³/mol. The highest BCUT2D eigenvalue weighted by atomic mass is 16.3. The average molecular weight is 289 g/mol. The summed E-state index contributed by atoms with van der Waals surface area (Å²) in [6.45, 7) is 9.28. The molecule has 0 radical (unpaired) electrons. The summed E-state index contributed by atoms with van der Waals surface area (Å²) in [5, 5.41) is 20.3. The summed E-state index contributed by atoms with van der Waals surface area (Å²) in [5.41, 5.74) is 3.73. The maximum absolute atomic E-state index is 10.1. The Morgan fingerprint density at radius 1 is 1.19 bits per heavy atom. The topological polar surface area (TPSA) is 45.4 Å². The van der Waals surface area contributed by atoms with Crippen molar-refractivity contribution in [3.63, 3.8) is 0 Å². The van der Waals surface area contributed by atoms with Crippen LogP contribution in [0.15, 0.2) is 24.3 Å². The molecule has 3 nitrogen and oxygen atoms in total. The third-order valence-corrected chi connectivity index (χ3v) is 4.00. The fourth-order valence-corrected chi connectivity index (χ4v) is 2.81. The third kappa shape index (κ3) is 3.47. The fourth-order valence-electron chi connectivity index (χ4n) is 2.81. The molecule has 0 amide bonds. The summed E-state index contributed by atoms with van der Waals surface area (Å²) in [4.78, 5) is 0. The number of aliphatic hydroxyl groups excluding tert-OH is 2. The monoisotopic (exact) mass is 289 g/mol. The van der Waals surface area contributed by atoms with Crippen molar-refractivity contribution in [3.8, 4) is 0 Å². The molecule has 0 fully saturated rings. The van der Waals surface area contributed by atoms with Crippen molar-refractivity contribution in [1.82, 2.24) is 4.57 Å². The smallest absolute Gasteiger partial charge is 0.0741 e. The first-order valence-electron chi connectivity index (χ1n) is 7.78. The Morgan fingerprint density at radius 2 is 1.90 bits per heavy atom. The Kier molecular flexibility index (Phi) is 4.74. The molecule has 2 rings (SSSR count). The van der Waals surface area contributed by atoms with Crippen LogP contribution in [0.3, 0.4) is 0 Å². The first-order valence-corrected chi connectivity index (χ1v) is 7.78. The maximum atomic E-state index is 10.1. The Balaban J connectivity index is 2.53. The number of hydrogen-bond donors (Lipinski definition) is 2. The molecular formula is C18H27NO2. The number of benzene rings is 1. The van der Waals surface area contributed by atoms with Crippen molar-refractivity contribution >= 4 is 10.9 Å². The molecule has 1 unspecified atom stereocenters. The van der Waals surface area contributed by atoms with Gasteiger partial charge in [0, 0.05) is 35.2 Å². The summed E-state index contributed by atoms with van der Waals surface area (Å²) >= 11 is 0. The van der Waals surface area contributed by atoms with Gasteiger partial charge < -0.3 is 14.8 Å². The second kappa shape index (κ2) is 6.20. The first-order chi connectivity index (χ1) is 9.86. The fraction of sp³-hybridized carbons (Fsp3) is 0.556. The van der Waals surface area contributed by atoms with Crippen LogP contribution in [-0.4, -0.2) is 27.5 Å². The zero-order valence-corrected chi connectivity index (χ0v) is 13.6. The van der Waals surface area contributed by atoms with E-state index >= 15 is 0 Å². The van der Waals surface area contributed by atoms with E-state index in [1.165, 1.54) is 16.6 Å². The van der Waals surface area contributed by atoms with Gasteiger partial charge in [-0.3, -0.25) is 0 Å². The zero-order chi connectivity index (χ0) is 15.6. The van der Waals surface area contributed by atoms with Gasteiger partial charge in [-0.25, -0.2) is 0 Å². The van der Waals surface area contributed by atoms with Gasteiger partial charge in [-0.1, -0.05) is 33.8 Å². The summed E-state index contributed by atoms with van der Waals surface area (Å²) in [6.07, 6.45) is 0.924. The minimum Gasteiger partial charge on any atom is -0.396 e. The molecule has 0 aliphatic heterocycles. The van der Waals surface area contributed by atoms with E-state index in [0.717, 1.165) is 11.9 Å². The van der Waals surface area contributed by atoms with Crippen LogP contribution < -0.4 is 0 Å². The van der Waals surface area contributed by atoms with Crippen LogP contribution in [0, 0.1) is 0 Å². The molecule has 0 saturated heterocycles. The number of fused-ring (bicyclic) bond motifs is 1. The molecule has 1 aromatic heterocycles. The van der Waals surface area contributed by atoms with Crippen LogP contribution in [0.4, 0.5) is 0 Å². The minimum absolute atomic E-state index is 0.0182. The van der Waals surface area contributed by atoms with Crippen LogP contribution in [0.25, 0.3) is 10.9 Å². The second-order valence-corrected chi connectivity index (χ2v) is 6.80. The van der Waals surface area contributed by atoms with Crippen LogP contribution in [0.2, 0.25) is 0 Å². The summed E-state index contributed by atoms with van der Waals surface area (Å²) in [5.74, 6) is 0. The standard InChI is InChI=1S/C18H27NO2/c1-5-13-6-7-16-14(10-13)11-17(18(2,3)4)19(16)12-15(21)8-9-20/h6-7,10-11,15,20-21H,5,8-9,12H2,1-4H3. The normalized spacial score (nSPS) is 13.8. The molecular weight excluding hydrogens is 262 g/mol. The SMILES string of the molecule is CCc1ccc2c(c1)cc(C(C)(C)C)n2CC(O)CCO. The summed E-state index contributed by atoms with van der Waals surface area (Å²) in [6, 6.07) is 8.78. The zero-order valence-electron chi connectivity index (χ0n) is 13.6. The van der Waals surface area contributed by atoms with Gasteiger partial charge in [0.2, 0.25) is 0 Å². The Labute approximate surface area is 127 Å².